The number of rotatable bonds is 4. The molecule has 21 heavy (non-hydrogen) atoms. The Bertz CT molecular complexity index is 650. The fraction of sp³-hybridized carbons (Fsp3) is 0.133. The average molecular weight is 388 g/mol. The number of hydrogen-bond donors (Lipinski definition) is 2. The fourth-order valence-electron chi connectivity index (χ4n) is 1.92. The van der Waals surface area contributed by atoms with Gasteiger partial charge in [0.25, 0.3) is 0 Å². The van der Waals surface area contributed by atoms with E-state index in [-0.39, 0.29) is 12.5 Å². The molecule has 0 fully saturated rings. The number of benzene rings is 2. The van der Waals surface area contributed by atoms with Crippen LogP contribution in [0.15, 0.2) is 46.9 Å². The van der Waals surface area contributed by atoms with E-state index in [1.807, 2.05) is 30.3 Å². The average Bonchev–Trinajstić information content (AvgIpc) is 2.50. The van der Waals surface area contributed by atoms with Crippen LogP contribution in [0.4, 0.5) is 5.69 Å². The molecule has 0 radical (unpaired) electrons. The lowest BCUT2D eigenvalue weighted by molar-refractivity contribution is -0.117. The Balaban J connectivity index is 2.23. The smallest absolute Gasteiger partial charge is 0.233 e. The SMILES string of the molecule is NCC(C(=O)Nc1ccc(Br)c(Cl)c1Cl)c1ccccc1. The first kappa shape index (κ1) is 16.3. The highest BCUT2D eigenvalue weighted by Crippen LogP contribution is 2.36. The molecule has 2 aromatic carbocycles. The van der Waals surface area contributed by atoms with Crippen molar-refractivity contribution in [2.45, 2.75) is 5.92 Å². The summed E-state index contributed by atoms with van der Waals surface area (Å²) in [5.74, 6) is -0.659. The highest BCUT2D eigenvalue weighted by Gasteiger charge is 2.20. The van der Waals surface area contributed by atoms with Crippen molar-refractivity contribution in [3.63, 3.8) is 0 Å². The first-order valence-corrected chi connectivity index (χ1v) is 7.79. The van der Waals surface area contributed by atoms with Gasteiger partial charge in [0.2, 0.25) is 5.91 Å². The van der Waals surface area contributed by atoms with Crippen molar-refractivity contribution < 1.29 is 4.79 Å². The molecule has 0 aliphatic heterocycles. The Morgan fingerprint density at radius 3 is 2.43 bits per heavy atom. The molecule has 0 aliphatic carbocycles. The Morgan fingerprint density at radius 1 is 1.14 bits per heavy atom. The normalized spacial score (nSPS) is 12.0. The quantitative estimate of drug-likeness (QED) is 0.762. The molecule has 0 aliphatic rings. The maximum absolute atomic E-state index is 12.4. The lowest BCUT2D eigenvalue weighted by atomic mass is 9.98. The molecule has 0 saturated heterocycles. The molecule has 110 valence electrons. The molecule has 0 spiro atoms. The molecule has 0 bridgehead atoms. The molecule has 0 saturated carbocycles. The van der Waals surface area contributed by atoms with Crippen molar-refractivity contribution in [2.24, 2.45) is 5.73 Å². The maximum atomic E-state index is 12.4. The highest BCUT2D eigenvalue weighted by molar-refractivity contribution is 9.10. The van der Waals surface area contributed by atoms with Crippen LogP contribution in [0, 0.1) is 0 Å². The zero-order valence-corrected chi connectivity index (χ0v) is 14.0. The summed E-state index contributed by atoms with van der Waals surface area (Å²) in [5, 5.41) is 3.43. The van der Waals surface area contributed by atoms with Crippen LogP contribution in [0.3, 0.4) is 0 Å². The topological polar surface area (TPSA) is 55.1 Å². The van der Waals surface area contributed by atoms with E-state index >= 15 is 0 Å². The summed E-state index contributed by atoms with van der Waals surface area (Å²) in [4.78, 5) is 12.4. The van der Waals surface area contributed by atoms with Gasteiger partial charge in [0, 0.05) is 11.0 Å². The van der Waals surface area contributed by atoms with Gasteiger partial charge in [-0.3, -0.25) is 4.79 Å². The second-order valence-electron chi connectivity index (χ2n) is 4.41. The van der Waals surface area contributed by atoms with Crippen molar-refractivity contribution in [3.05, 3.63) is 62.5 Å². The van der Waals surface area contributed by atoms with E-state index in [1.165, 1.54) is 0 Å². The Hall–Kier alpha value is -1.07. The summed E-state index contributed by atoms with van der Waals surface area (Å²) >= 11 is 15.4. The third-order valence-corrected chi connectivity index (χ3v) is 4.82. The third-order valence-electron chi connectivity index (χ3n) is 3.05. The van der Waals surface area contributed by atoms with Crippen LogP contribution in [0.5, 0.6) is 0 Å². The number of amides is 1. The molecule has 6 heteroatoms. The fourth-order valence-corrected chi connectivity index (χ4v) is 2.74. The second kappa shape index (κ2) is 7.27. The van der Waals surface area contributed by atoms with E-state index in [1.54, 1.807) is 12.1 Å². The minimum absolute atomic E-state index is 0.206. The lowest BCUT2D eigenvalue weighted by Crippen LogP contribution is -2.27. The van der Waals surface area contributed by atoms with Gasteiger partial charge in [-0.15, -0.1) is 0 Å². The van der Waals surface area contributed by atoms with Crippen LogP contribution < -0.4 is 11.1 Å². The molecular weight excluding hydrogens is 375 g/mol. The zero-order chi connectivity index (χ0) is 15.4. The van der Waals surface area contributed by atoms with Gasteiger partial charge >= 0.3 is 0 Å². The van der Waals surface area contributed by atoms with Gasteiger partial charge in [0.15, 0.2) is 0 Å². The van der Waals surface area contributed by atoms with Gasteiger partial charge in [0.1, 0.15) is 0 Å². The summed E-state index contributed by atoms with van der Waals surface area (Å²) in [5.41, 5.74) is 7.04. The summed E-state index contributed by atoms with van der Waals surface area (Å²) in [6.07, 6.45) is 0. The van der Waals surface area contributed by atoms with E-state index in [0.29, 0.717) is 20.2 Å². The standard InChI is InChI=1S/C15H13BrCl2N2O/c16-11-6-7-12(14(18)13(11)17)20-15(21)10(8-19)9-4-2-1-3-5-9/h1-7,10H,8,19H2,(H,20,21). The highest BCUT2D eigenvalue weighted by atomic mass is 79.9. The number of hydrogen-bond acceptors (Lipinski definition) is 2. The van der Waals surface area contributed by atoms with Crippen molar-refractivity contribution >= 4 is 50.7 Å². The minimum atomic E-state index is -0.440. The van der Waals surface area contributed by atoms with Gasteiger partial charge < -0.3 is 11.1 Å². The predicted molar refractivity (Wildman–Crippen MR) is 91.0 cm³/mol. The number of carbonyl (C=O) groups is 1. The molecular formula is C15H13BrCl2N2O. The van der Waals surface area contributed by atoms with Crippen LogP contribution in [-0.2, 0) is 4.79 Å². The van der Waals surface area contributed by atoms with E-state index in [2.05, 4.69) is 21.2 Å². The lowest BCUT2D eigenvalue weighted by Gasteiger charge is -2.16. The first-order valence-electron chi connectivity index (χ1n) is 6.24. The zero-order valence-electron chi connectivity index (χ0n) is 10.9. The molecule has 0 heterocycles. The van der Waals surface area contributed by atoms with E-state index < -0.39 is 5.92 Å². The van der Waals surface area contributed by atoms with Gasteiger partial charge in [-0.1, -0.05) is 53.5 Å². The number of nitrogens with two attached hydrogens (primary N) is 1. The van der Waals surface area contributed by atoms with Crippen molar-refractivity contribution in [1.82, 2.24) is 0 Å². The van der Waals surface area contributed by atoms with Crippen LogP contribution in [0.2, 0.25) is 10.0 Å². The monoisotopic (exact) mass is 386 g/mol. The van der Waals surface area contributed by atoms with Gasteiger partial charge in [-0.25, -0.2) is 0 Å². The maximum Gasteiger partial charge on any atom is 0.233 e. The largest absolute Gasteiger partial charge is 0.329 e. The van der Waals surface area contributed by atoms with Crippen molar-refractivity contribution in [1.29, 1.82) is 0 Å². The Morgan fingerprint density at radius 2 is 1.81 bits per heavy atom. The summed E-state index contributed by atoms with van der Waals surface area (Å²) in [6.45, 7) is 0.206. The molecule has 3 nitrogen and oxygen atoms in total. The second-order valence-corrected chi connectivity index (χ2v) is 6.02. The summed E-state index contributed by atoms with van der Waals surface area (Å²) in [7, 11) is 0. The summed E-state index contributed by atoms with van der Waals surface area (Å²) in [6, 6.07) is 12.8. The van der Waals surface area contributed by atoms with Crippen LogP contribution in [0.1, 0.15) is 11.5 Å². The molecule has 2 rings (SSSR count). The molecule has 3 N–H and O–H groups in total. The van der Waals surface area contributed by atoms with Crippen molar-refractivity contribution in [2.75, 3.05) is 11.9 Å². The van der Waals surface area contributed by atoms with Crippen molar-refractivity contribution in [3.8, 4) is 0 Å². The molecule has 1 unspecified atom stereocenters. The Kier molecular flexibility index (Phi) is 5.65. The first-order chi connectivity index (χ1) is 10.0. The number of nitrogens with one attached hydrogen (secondary N) is 1. The van der Waals surface area contributed by atoms with Crippen LogP contribution in [-0.4, -0.2) is 12.5 Å². The Labute approximate surface area is 141 Å². The number of carbonyl (C=O) groups excluding carboxylic acids is 1. The van der Waals surface area contributed by atoms with Gasteiger partial charge in [-0.05, 0) is 33.6 Å². The molecule has 1 amide bonds. The molecule has 1 atom stereocenters. The van der Waals surface area contributed by atoms with Crippen LogP contribution in [0.25, 0.3) is 0 Å². The molecule has 2 aromatic rings. The van der Waals surface area contributed by atoms with Crippen LogP contribution >= 0.6 is 39.1 Å². The van der Waals surface area contributed by atoms with E-state index in [4.69, 9.17) is 28.9 Å². The number of halogens is 3. The third kappa shape index (κ3) is 3.77. The van der Waals surface area contributed by atoms with Gasteiger partial charge in [0.05, 0.1) is 21.7 Å². The minimum Gasteiger partial charge on any atom is -0.329 e. The molecule has 0 aromatic heterocycles. The van der Waals surface area contributed by atoms with E-state index in [9.17, 15) is 4.79 Å². The van der Waals surface area contributed by atoms with E-state index in [0.717, 1.165) is 5.56 Å². The van der Waals surface area contributed by atoms with Gasteiger partial charge in [-0.2, -0.15) is 0 Å². The summed E-state index contributed by atoms with van der Waals surface area (Å²) < 4.78 is 0.672. The number of anilines is 1. The predicted octanol–water partition coefficient (Wildman–Crippen LogP) is 4.44.